The summed E-state index contributed by atoms with van der Waals surface area (Å²) < 4.78 is 10.7. The van der Waals surface area contributed by atoms with Crippen LogP contribution in [0.2, 0.25) is 0 Å². The number of guanidine groups is 1. The molecule has 0 radical (unpaired) electrons. The van der Waals surface area contributed by atoms with E-state index in [9.17, 15) is 10.1 Å². The van der Waals surface area contributed by atoms with Gasteiger partial charge in [-0.15, -0.1) is 0 Å². The van der Waals surface area contributed by atoms with Crippen LogP contribution in [0.5, 0.6) is 11.5 Å². The fourth-order valence-corrected chi connectivity index (χ4v) is 2.55. The molecule has 0 amide bonds. The lowest BCUT2D eigenvalue weighted by molar-refractivity contribution is -0.384. The van der Waals surface area contributed by atoms with Gasteiger partial charge in [0.25, 0.3) is 5.69 Å². The molecule has 0 unspecified atom stereocenters. The van der Waals surface area contributed by atoms with Crippen molar-refractivity contribution in [2.45, 2.75) is 6.54 Å². The summed E-state index contributed by atoms with van der Waals surface area (Å²) in [6, 6.07) is 12.1. The van der Waals surface area contributed by atoms with E-state index in [2.05, 4.69) is 20.9 Å². The fourth-order valence-electron chi connectivity index (χ4n) is 2.55. The van der Waals surface area contributed by atoms with Crippen LogP contribution in [0.1, 0.15) is 5.56 Å². The maximum Gasteiger partial charge on any atom is 0.269 e. The molecule has 2 aromatic carbocycles. The number of hydrogen-bond donors (Lipinski definition) is 3. The smallest absolute Gasteiger partial charge is 0.269 e. The predicted octanol–water partition coefficient (Wildman–Crippen LogP) is 2.10. The monoisotopic (exact) mass is 371 g/mol. The van der Waals surface area contributed by atoms with Crippen molar-refractivity contribution in [2.75, 3.05) is 32.2 Å². The van der Waals surface area contributed by atoms with E-state index in [1.165, 1.54) is 12.1 Å². The molecule has 0 saturated carbocycles. The van der Waals surface area contributed by atoms with Gasteiger partial charge in [0.15, 0.2) is 17.5 Å². The van der Waals surface area contributed by atoms with Crippen LogP contribution in [-0.2, 0) is 6.54 Å². The largest absolute Gasteiger partial charge is 0.454 e. The fraction of sp³-hybridized carbons (Fsp3) is 0.278. The molecule has 1 aliphatic heterocycles. The molecule has 142 valence electrons. The zero-order valence-electron chi connectivity index (χ0n) is 14.9. The summed E-state index contributed by atoms with van der Waals surface area (Å²) in [7, 11) is 1.71. The molecule has 0 spiro atoms. The molecule has 0 saturated heterocycles. The van der Waals surface area contributed by atoms with Crippen LogP contribution in [-0.4, -0.2) is 37.8 Å². The highest BCUT2D eigenvalue weighted by Crippen LogP contribution is 2.32. The minimum Gasteiger partial charge on any atom is -0.454 e. The number of non-ortho nitro benzene ring substituents is 1. The zero-order chi connectivity index (χ0) is 19.1. The molecule has 3 N–H and O–H groups in total. The van der Waals surface area contributed by atoms with Crippen molar-refractivity contribution in [1.82, 2.24) is 10.6 Å². The summed E-state index contributed by atoms with van der Waals surface area (Å²) in [5, 5.41) is 20.3. The Bertz CT molecular complexity index is 823. The number of aliphatic imine (C=N–C) groups is 1. The molecule has 9 nitrogen and oxygen atoms in total. The van der Waals surface area contributed by atoms with Crippen molar-refractivity contribution in [1.29, 1.82) is 0 Å². The van der Waals surface area contributed by atoms with E-state index in [0.29, 0.717) is 25.6 Å². The van der Waals surface area contributed by atoms with E-state index >= 15 is 0 Å². The van der Waals surface area contributed by atoms with Crippen LogP contribution in [0.4, 0.5) is 11.4 Å². The van der Waals surface area contributed by atoms with Crippen LogP contribution in [0.3, 0.4) is 0 Å². The van der Waals surface area contributed by atoms with E-state index in [1.807, 2.05) is 18.2 Å². The van der Waals surface area contributed by atoms with Crippen LogP contribution >= 0.6 is 0 Å². The molecule has 0 fully saturated rings. The van der Waals surface area contributed by atoms with Gasteiger partial charge < -0.3 is 25.4 Å². The molecule has 3 rings (SSSR count). The van der Waals surface area contributed by atoms with Crippen LogP contribution in [0.15, 0.2) is 47.5 Å². The first-order valence-electron chi connectivity index (χ1n) is 8.47. The second kappa shape index (κ2) is 8.75. The molecule has 0 aliphatic carbocycles. The maximum absolute atomic E-state index is 10.6. The quantitative estimate of drug-likeness (QED) is 0.225. The first-order chi connectivity index (χ1) is 13.2. The van der Waals surface area contributed by atoms with Crippen LogP contribution < -0.4 is 25.4 Å². The van der Waals surface area contributed by atoms with E-state index in [0.717, 1.165) is 22.7 Å². The first-order valence-corrected chi connectivity index (χ1v) is 8.47. The standard InChI is InChI=1S/C18H21N5O4/c1-19-18(22-11-13-2-7-16-17(10-13)27-12-26-16)21-9-8-20-14-3-5-15(6-4-14)23(24)25/h2-7,10,20H,8-9,11-12H2,1H3,(H2,19,21,22). The van der Waals surface area contributed by atoms with E-state index in [4.69, 9.17) is 9.47 Å². The number of nitro benzene ring substituents is 1. The average Bonchev–Trinajstić information content (AvgIpc) is 3.15. The molecule has 1 heterocycles. The van der Waals surface area contributed by atoms with Gasteiger partial charge in [-0.25, -0.2) is 0 Å². The SMILES string of the molecule is CN=C(NCCNc1ccc([N+](=O)[O-])cc1)NCc1ccc2c(c1)OCO2. The summed E-state index contributed by atoms with van der Waals surface area (Å²) in [6.07, 6.45) is 0. The van der Waals surface area contributed by atoms with Crippen LogP contribution in [0.25, 0.3) is 0 Å². The maximum atomic E-state index is 10.6. The second-order valence-electron chi connectivity index (χ2n) is 5.77. The summed E-state index contributed by atoms with van der Waals surface area (Å²) in [5.74, 6) is 2.20. The highest BCUT2D eigenvalue weighted by atomic mass is 16.7. The summed E-state index contributed by atoms with van der Waals surface area (Å²) in [6.45, 7) is 2.14. The van der Waals surface area contributed by atoms with Crippen LogP contribution in [0, 0.1) is 10.1 Å². The Morgan fingerprint density at radius 3 is 2.63 bits per heavy atom. The molecular formula is C18H21N5O4. The van der Waals surface area contributed by atoms with Crippen molar-refractivity contribution in [3.05, 3.63) is 58.1 Å². The van der Waals surface area contributed by atoms with Gasteiger partial charge in [-0.2, -0.15) is 0 Å². The Labute approximate surface area is 156 Å². The Morgan fingerprint density at radius 2 is 1.89 bits per heavy atom. The molecule has 27 heavy (non-hydrogen) atoms. The first kappa shape index (κ1) is 18.3. The van der Waals surface area contributed by atoms with Gasteiger partial charge in [-0.05, 0) is 29.8 Å². The number of benzene rings is 2. The molecule has 0 bridgehead atoms. The topological polar surface area (TPSA) is 110 Å². The van der Waals surface area contributed by atoms with Gasteiger partial charge in [-0.3, -0.25) is 15.1 Å². The zero-order valence-corrected chi connectivity index (χ0v) is 14.9. The lowest BCUT2D eigenvalue weighted by Gasteiger charge is -2.13. The van der Waals surface area contributed by atoms with Gasteiger partial charge in [0.05, 0.1) is 4.92 Å². The Morgan fingerprint density at radius 1 is 1.11 bits per heavy atom. The van der Waals surface area contributed by atoms with Crippen molar-refractivity contribution < 1.29 is 14.4 Å². The van der Waals surface area contributed by atoms with E-state index in [1.54, 1.807) is 19.2 Å². The third-order valence-electron chi connectivity index (χ3n) is 3.95. The average molecular weight is 371 g/mol. The number of anilines is 1. The number of nitrogens with zero attached hydrogens (tertiary/aromatic N) is 2. The number of fused-ring (bicyclic) bond motifs is 1. The second-order valence-corrected chi connectivity index (χ2v) is 5.77. The van der Waals surface area contributed by atoms with E-state index < -0.39 is 4.92 Å². The molecular weight excluding hydrogens is 350 g/mol. The van der Waals surface area contributed by atoms with Gasteiger partial charge >= 0.3 is 0 Å². The number of ether oxygens (including phenoxy) is 2. The van der Waals surface area contributed by atoms with Crippen molar-refractivity contribution in [3.63, 3.8) is 0 Å². The van der Waals surface area contributed by atoms with Gasteiger partial charge in [0.2, 0.25) is 6.79 Å². The van der Waals surface area contributed by atoms with Gasteiger partial charge in [-0.1, -0.05) is 6.07 Å². The van der Waals surface area contributed by atoms with Gasteiger partial charge in [0.1, 0.15) is 0 Å². The Kier molecular flexibility index (Phi) is 5.93. The normalized spacial score (nSPS) is 12.6. The third-order valence-corrected chi connectivity index (χ3v) is 3.95. The van der Waals surface area contributed by atoms with Crippen molar-refractivity contribution >= 4 is 17.3 Å². The molecule has 9 heteroatoms. The van der Waals surface area contributed by atoms with Crippen molar-refractivity contribution in [3.8, 4) is 11.5 Å². The predicted molar refractivity (Wildman–Crippen MR) is 102 cm³/mol. The van der Waals surface area contributed by atoms with E-state index in [-0.39, 0.29) is 12.5 Å². The van der Waals surface area contributed by atoms with Crippen molar-refractivity contribution in [2.24, 2.45) is 4.99 Å². The highest BCUT2D eigenvalue weighted by Gasteiger charge is 2.13. The Balaban J connectivity index is 1.39. The molecule has 2 aromatic rings. The minimum absolute atomic E-state index is 0.0757. The summed E-state index contributed by atoms with van der Waals surface area (Å²) >= 11 is 0. The summed E-state index contributed by atoms with van der Waals surface area (Å²) in [5.41, 5.74) is 1.96. The molecule has 1 aliphatic rings. The van der Waals surface area contributed by atoms with Gasteiger partial charge in [0, 0.05) is 44.5 Å². The third kappa shape index (κ3) is 5.00. The minimum atomic E-state index is -0.416. The number of rotatable bonds is 7. The summed E-state index contributed by atoms with van der Waals surface area (Å²) in [4.78, 5) is 14.4. The molecule has 0 atom stereocenters. The molecule has 0 aromatic heterocycles. The number of hydrogen-bond acceptors (Lipinski definition) is 6. The lowest BCUT2D eigenvalue weighted by Crippen LogP contribution is -2.39. The number of nitro groups is 1. The highest BCUT2D eigenvalue weighted by molar-refractivity contribution is 5.79. The Hall–Kier alpha value is -3.49. The lowest BCUT2D eigenvalue weighted by atomic mass is 10.2. The number of nitrogens with one attached hydrogen (secondary N) is 3.